The number of aryl methyl sites for hydroxylation is 1. The SMILES string of the molecule is Cc1cccc(NC(=O)NC(C)(C)CC(=O)O)c1Br. The van der Waals surface area contributed by atoms with Crippen LogP contribution in [0.5, 0.6) is 0 Å². The van der Waals surface area contributed by atoms with Crippen LogP contribution in [0.2, 0.25) is 0 Å². The minimum atomic E-state index is -0.956. The van der Waals surface area contributed by atoms with Gasteiger partial charge in [0.05, 0.1) is 12.1 Å². The number of nitrogens with one attached hydrogen (secondary N) is 2. The van der Waals surface area contributed by atoms with Gasteiger partial charge in [-0.15, -0.1) is 0 Å². The Morgan fingerprint density at radius 1 is 1.37 bits per heavy atom. The summed E-state index contributed by atoms with van der Waals surface area (Å²) in [6.45, 7) is 5.24. The summed E-state index contributed by atoms with van der Waals surface area (Å²) in [6.07, 6.45) is -0.143. The van der Waals surface area contributed by atoms with Crippen LogP contribution in [0.1, 0.15) is 25.8 Å². The predicted octanol–water partition coefficient (Wildman–Crippen LogP) is 3.13. The first-order valence-electron chi connectivity index (χ1n) is 5.77. The van der Waals surface area contributed by atoms with Gasteiger partial charge in [-0.05, 0) is 48.3 Å². The lowest BCUT2D eigenvalue weighted by molar-refractivity contribution is -0.138. The molecule has 5 nitrogen and oxygen atoms in total. The van der Waals surface area contributed by atoms with Crippen LogP contribution in [-0.4, -0.2) is 22.6 Å². The molecular weight excluding hydrogens is 312 g/mol. The zero-order valence-corrected chi connectivity index (χ0v) is 12.7. The van der Waals surface area contributed by atoms with Crippen LogP contribution in [0.4, 0.5) is 10.5 Å². The van der Waals surface area contributed by atoms with E-state index in [1.165, 1.54) is 0 Å². The monoisotopic (exact) mass is 328 g/mol. The molecule has 0 aliphatic heterocycles. The number of hydrogen-bond acceptors (Lipinski definition) is 2. The number of carbonyl (C=O) groups is 2. The van der Waals surface area contributed by atoms with Crippen molar-refractivity contribution in [3.8, 4) is 0 Å². The Kier molecular flexibility index (Phi) is 4.94. The number of benzene rings is 1. The van der Waals surface area contributed by atoms with Gasteiger partial charge in [0.25, 0.3) is 0 Å². The first-order chi connectivity index (χ1) is 8.71. The average molecular weight is 329 g/mol. The van der Waals surface area contributed by atoms with E-state index in [0.717, 1.165) is 10.0 Å². The molecule has 1 rings (SSSR count). The summed E-state index contributed by atoms with van der Waals surface area (Å²) >= 11 is 3.39. The van der Waals surface area contributed by atoms with E-state index in [1.54, 1.807) is 19.9 Å². The minimum absolute atomic E-state index is 0.143. The fourth-order valence-electron chi connectivity index (χ4n) is 1.63. The molecule has 0 heterocycles. The van der Waals surface area contributed by atoms with Gasteiger partial charge in [-0.3, -0.25) is 4.79 Å². The number of anilines is 1. The molecule has 104 valence electrons. The molecular formula is C13H17BrN2O3. The van der Waals surface area contributed by atoms with Crippen LogP contribution in [0.25, 0.3) is 0 Å². The van der Waals surface area contributed by atoms with E-state index in [9.17, 15) is 9.59 Å². The predicted molar refractivity (Wildman–Crippen MR) is 77.4 cm³/mol. The van der Waals surface area contributed by atoms with Crippen molar-refractivity contribution >= 4 is 33.6 Å². The summed E-state index contributed by atoms with van der Waals surface area (Å²) in [4.78, 5) is 22.5. The van der Waals surface area contributed by atoms with Crippen LogP contribution in [0, 0.1) is 6.92 Å². The third-order valence-corrected chi connectivity index (χ3v) is 3.54. The summed E-state index contributed by atoms with van der Waals surface area (Å²) in [5.41, 5.74) is 0.831. The number of carboxylic acid groups (broad SMARTS) is 1. The summed E-state index contributed by atoms with van der Waals surface area (Å²) in [7, 11) is 0. The Morgan fingerprint density at radius 2 is 2.00 bits per heavy atom. The van der Waals surface area contributed by atoms with E-state index in [0.29, 0.717) is 5.69 Å². The fourth-order valence-corrected chi connectivity index (χ4v) is 1.99. The Hall–Kier alpha value is -1.56. The molecule has 0 fully saturated rings. The standard InChI is InChI=1S/C13H17BrN2O3/c1-8-5-4-6-9(11(8)14)15-12(19)16-13(2,3)7-10(17)18/h4-6H,7H2,1-3H3,(H,17,18)(H2,15,16,19). The highest BCUT2D eigenvalue weighted by Gasteiger charge is 2.24. The Bertz CT molecular complexity index is 501. The molecule has 0 spiro atoms. The van der Waals surface area contributed by atoms with Crippen LogP contribution in [-0.2, 0) is 4.79 Å². The van der Waals surface area contributed by atoms with Crippen LogP contribution >= 0.6 is 15.9 Å². The first kappa shape index (κ1) is 15.5. The van der Waals surface area contributed by atoms with E-state index in [-0.39, 0.29) is 6.42 Å². The van der Waals surface area contributed by atoms with Crippen molar-refractivity contribution in [2.75, 3.05) is 5.32 Å². The van der Waals surface area contributed by atoms with Gasteiger partial charge in [0, 0.05) is 10.0 Å². The topological polar surface area (TPSA) is 78.4 Å². The largest absolute Gasteiger partial charge is 0.481 e. The van der Waals surface area contributed by atoms with Crippen LogP contribution < -0.4 is 10.6 Å². The molecule has 19 heavy (non-hydrogen) atoms. The zero-order chi connectivity index (χ0) is 14.6. The van der Waals surface area contributed by atoms with Gasteiger partial charge in [-0.1, -0.05) is 12.1 Å². The fraction of sp³-hybridized carbons (Fsp3) is 0.385. The Labute approximate surface area is 120 Å². The van der Waals surface area contributed by atoms with Gasteiger partial charge in [-0.2, -0.15) is 0 Å². The summed E-state index contributed by atoms with van der Waals surface area (Å²) in [5, 5.41) is 14.1. The van der Waals surface area contributed by atoms with Crippen molar-refractivity contribution in [1.82, 2.24) is 5.32 Å². The lowest BCUT2D eigenvalue weighted by Gasteiger charge is -2.24. The van der Waals surface area contributed by atoms with Gasteiger partial charge in [0.1, 0.15) is 0 Å². The van der Waals surface area contributed by atoms with Crippen molar-refractivity contribution in [2.45, 2.75) is 32.7 Å². The zero-order valence-electron chi connectivity index (χ0n) is 11.1. The molecule has 0 aliphatic carbocycles. The Morgan fingerprint density at radius 3 is 2.58 bits per heavy atom. The molecule has 0 radical (unpaired) electrons. The Balaban J connectivity index is 2.70. The first-order valence-corrected chi connectivity index (χ1v) is 6.56. The average Bonchev–Trinajstić information content (AvgIpc) is 2.21. The second-order valence-electron chi connectivity index (χ2n) is 4.97. The van der Waals surface area contributed by atoms with Crippen molar-refractivity contribution in [3.63, 3.8) is 0 Å². The number of urea groups is 1. The summed E-state index contributed by atoms with van der Waals surface area (Å²) < 4.78 is 0.807. The molecule has 1 aromatic rings. The molecule has 1 aromatic carbocycles. The maximum absolute atomic E-state index is 11.8. The van der Waals surface area contributed by atoms with Gasteiger partial charge in [0.15, 0.2) is 0 Å². The van der Waals surface area contributed by atoms with E-state index >= 15 is 0 Å². The third kappa shape index (κ3) is 4.90. The van der Waals surface area contributed by atoms with Gasteiger partial charge in [-0.25, -0.2) is 4.79 Å². The van der Waals surface area contributed by atoms with Gasteiger partial charge in [0.2, 0.25) is 0 Å². The van der Waals surface area contributed by atoms with Crippen molar-refractivity contribution in [3.05, 3.63) is 28.2 Å². The summed E-state index contributed by atoms with van der Waals surface area (Å²) in [5.74, 6) is -0.956. The maximum Gasteiger partial charge on any atom is 0.319 e. The molecule has 0 aromatic heterocycles. The molecule has 6 heteroatoms. The number of aliphatic carboxylic acids is 1. The number of amides is 2. The number of halogens is 1. The molecule has 3 N–H and O–H groups in total. The number of carbonyl (C=O) groups excluding carboxylic acids is 1. The van der Waals surface area contributed by atoms with Gasteiger partial charge < -0.3 is 15.7 Å². The third-order valence-electron chi connectivity index (χ3n) is 2.49. The number of hydrogen-bond donors (Lipinski definition) is 3. The van der Waals surface area contributed by atoms with E-state index in [1.807, 2.05) is 19.1 Å². The van der Waals surface area contributed by atoms with E-state index in [2.05, 4.69) is 26.6 Å². The molecule has 0 aliphatic rings. The van der Waals surface area contributed by atoms with Crippen molar-refractivity contribution in [1.29, 1.82) is 0 Å². The number of carboxylic acids is 1. The normalized spacial score (nSPS) is 10.9. The minimum Gasteiger partial charge on any atom is -0.481 e. The van der Waals surface area contributed by atoms with Crippen LogP contribution in [0.15, 0.2) is 22.7 Å². The molecule has 0 bridgehead atoms. The molecule has 2 amide bonds. The van der Waals surface area contributed by atoms with E-state index < -0.39 is 17.5 Å². The molecule has 0 saturated heterocycles. The molecule has 0 saturated carbocycles. The van der Waals surface area contributed by atoms with Crippen LogP contribution in [0.3, 0.4) is 0 Å². The highest BCUT2D eigenvalue weighted by molar-refractivity contribution is 9.10. The lowest BCUT2D eigenvalue weighted by Crippen LogP contribution is -2.46. The highest BCUT2D eigenvalue weighted by Crippen LogP contribution is 2.25. The molecule has 0 unspecified atom stereocenters. The van der Waals surface area contributed by atoms with Gasteiger partial charge >= 0.3 is 12.0 Å². The quantitative estimate of drug-likeness (QED) is 0.794. The highest BCUT2D eigenvalue weighted by atomic mass is 79.9. The van der Waals surface area contributed by atoms with Crippen molar-refractivity contribution < 1.29 is 14.7 Å². The second-order valence-corrected chi connectivity index (χ2v) is 5.76. The maximum atomic E-state index is 11.8. The number of rotatable bonds is 4. The second kappa shape index (κ2) is 6.06. The molecule has 0 atom stereocenters. The van der Waals surface area contributed by atoms with Crippen molar-refractivity contribution in [2.24, 2.45) is 0 Å². The summed E-state index contributed by atoms with van der Waals surface area (Å²) in [6, 6.07) is 5.08. The smallest absolute Gasteiger partial charge is 0.319 e. The van der Waals surface area contributed by atoms with E-state index in [4.69, 9.17) is 5.11 Å². The lowest BCUT2D eigenvalue weighted by atomic mass is 10.0.